The number of halogens is 3. The van der Waals surface area contributed by atoms with Crippen LogP contribution in [0.3, 0.4) is 0 Å². The molecule has 0 saturated heterocycles. The van der Waals surface area contributed by atoms with E-state index in [1.54, 1.807) is 40.9 Å². The van der Waals surface area contributed by atoms with Crippen LogP contribution in [0.1, 0.15) is 39.7 Å². The Balaban J connectivity index is 1.94. The standard InChI is InChI=1S/C28H34F3N5O6S/c1-18(16-35(6)32-5)15-33-25(37)14-21-17-36(43(39,40)22-9-7-8-19(12-22)28(29,30)31)23-13-20(10-11-24(23)41-21)34-26(38)42-27(2,3)4/h7-13,16,21H,5,14-15,17H2,1-4,6H3,(H,33,37)(H,34,38)/b18-16+/t21-/m0/s1. The minimum atomic E-state index is -4.78. The van der Waals surface area contributed by atoms with Gasteiger partial charge in [0.15, 0.2) is 0 Å². The van der Waals surface area contributed by atoms with Crippen LogP contribution in [0.25, 0.3) is 0 Å². The Morgan fingerprint density at radius 2 is 1.91 bits per heavy atom. The molecule has 1 heterocycles. The van der Waals surface area contributed by atoms with E-state index < -0.39 is 56.9 Å². The van der Waals surface area contributed by atoms with Crippen LogP contribution < -0.4 is 19.7 Å². The number of benzene rings is 2. The van der Waals surface area contributed by atoms with Crippen LogP contribution in [0.5, 0.6) is 5.75 Å². The second-order valence-corrected chi connectivity index (χ2v) is 12.6. The van der Waals surface area contributed by atoms with E-state index in [0.29, 0.717) is 6.07 Å². The number of hydrazone groups is 1. The highest BCUT2D eigenvalue weighted by Crippen LogP contribution is 2.40. The number of rotatable bonds is 9. The molecule has 1 aliphatic heterocycles. The first-order chi connectivity index (χ1) is 19.9. The average molecular weight is 626 g/mol. The fourth-order valence-electron chi connectivity index (χ4n) is 4.03. The van der Waals surface area contributed by atoms with Crippen molar-refractivity contribution in [3.8, 4) is 5.75 Å². The van der Waals surface area contributed by atoms with Crippen molar-refractivity contribution in [1.29, 1.82) is 0 Å². The number of hydrogen-bond donors (Lipinski definition) is 2. The zero-order valence-electron chi connectivity index (χ0n) is 24.4. The van der Waals surface area contributed by atoms with Gasteiger partial charge in [0, 0.05) is 32.2 Å². The number of nitrogens with zero attached hydrogens (tertiary/aromatic N) is 3. The molecule has 0 bridgehead atoms. The second-order valence-electron chi connectivity index (χ2n) is 10.8. The summed E-state index contributed by atoms with van der Waals surface area (Å²) >= 11 is 0. The molecule has 2 N–H and O–H groups in total. The van der Waals surface area contributed by atoms with Gasteiger partial charge in [-0.25, -0.2) is 13.2 Å². The zero-order valence-corrected chi connectivity index (χ0v) is 25.2. The third-order valence-electron chi connectivity index (χ3n) is 5.89. The fraction of sp³-hybridized carbons (Fsp3) is 0.393. The molecule has 2 aromatic rings. The summed E-state index contributed by atoms with van der Waals surface area (Å²) in [6.07, 6.45) is -5.16. The predicted molar refractivity (Wildman–Crippen MR) is 155 cm³/mol. The van der Waals surface area contributed by atoms with Crippen molar-refractivity contribution < 1.29 is 40.7 Å². The number of carbonyl (C=O) groups excluding carboxylic acids is 2. The molecule has 0 aliphatic carbocycles. The molecule has 43 heavy (non-hydrogen) atoms. The van der Waals surface area contributed by atoms with Crippen molar-refractivity contribution in [3.05, 3.63) is 59.8 Å². The summed E-state index contributed by atoms with van der Waals surface area (Å²) in [5.41, 5.74) is -1.07. The molecule has 0 radical (unpaired) electrons. The monoisotopic (exact) mass is 625 g/mol. The lowest BCUT2D eigenvalue weighted by molar-refractivity contribution is -0.137. The number of hydrogen-bond acceptors (Lipinski definition) is 8. The molecule has 2 aromatic carbocycles. The summed E-state index contributed by atoms with van der Waals surface area (Å²) in [4.78, 5) is 24.4. The average Bonchev–Trinajstić information content (AvgIpc) is 2.90. The van der Waals surface area contributed by atoms with Gasteiger partial charge in [0.1, 0.15) is 17.5 Å². The van der Waals surface area contributed by atoms with E-state index in [-0.39, 0.29) is 30.1 Å². The van der Waals surface area contributed by atoms with Gasteiger partial charge in [-0.3, -0.25) is 19.4 Å². The van der Waals surface area contributed by atoms with Crippen LogP contribution in [0.15, 0.2) is 64.2 Å². The van der Waals surface area contributed by atoms with Gasteiger partial charge in [-0.1, -0.05) is 6.07 Å². The number of sulfonamides is 1. The molecular formula is C28H34F3N5O6S. The molecule has 2 amide bonds. The number of amides is 2. The van der Waals surface area contributed by atoms with Crippen molar-refractivity contribution in [2.75, 3.05) is 29.8 Å². The molecule has 234 valence electrons. The Morgan fingerprint density at radius 1 is 1.21 bits per heavy atom. The molecule has 0 aromatic heterocycles. The maximum absolute atomic E-state index is 13.8. The third kappa shape index (κ3) is 9.11. The van der Waals surface area contributed by atoms with Crippen molar-refractivity contribution in [1.82, 2.24) is 10.3 Å². The van der Waals surface area contributed by atoms with Gasteiger partial charge in [0.2, 0.25) is 5.91 Å². The van der Waals surface area contributed by atoms with E-state index in [1.807, 2.05) is 0 Å². The van der Waals surface area contributed by atoms with Crippen LogP contribution in [-0.2, 0) is 25.7 Å². The van der Waals surface area contributed by atoms with Crippen molar-refractivity contribution in [2.45, 2.75) is 56.9 Å². The van der Waals surface area contributed by atoms with E-state index in [4.69, 9.17) is 9.47 Å². The Hall–Kier alpha value is -4.27. The first kappa shape index (κ1) is 33.2. The Morgan fingerprint density at radius 3 is 2.53 bits per heavy atom. The zero-order chi connectivity index (χ0) is 32.2. The third-order valence-corrected chi connectivity index (χ3v) is 7.67. The summed E-state index contributed by atoms with van der Waals surface area (Å²) in [5, 5.41) is 10.4. The van der Waals surface area contributed by atoms with E-state index in [1.165, 1.54) is 23.2 Å². The Labute approximate surface area is 248 Å². The van der Waals surface area contributed by atoms with Crippen LogP contribution >= 0.6 is 0 Å². The van der Waals surface area contributed by atoms with Gasteiger partial charge in [0.05, 0.1) is 29.1 Å². The SMILES string of the molecule is C=NN(C)/C=C(\C)CNC(=O)C[C@H]1CN(S(=O)(=O)c2cccc(C(F)(F)F)c2)c2cc(NC(=O)OC(C)(C)C)ccc2O1. The summed E-state index contributed by atoms with van der Waals surface area (Å²) in [7, 11) is -2.93. The lowest BCUT2D eigenvalue weighted by atomic mass is 10.1. The lowest BCUT2D eigenvalue weighted by Crippen LogP contribution is -2.45. The van der Waals surface area contributed by atoms with Crippen molar-refractivity contribution in [3.63, 3.8) is 0 Å². The first-order valence-electron chi connectivity index (χ1n) is 13.0. The van der Waals surface area contributed by atoms with Crippen LogP contribution in [0, 0.1) is 0 Å². The first-order valence-corrected chi connectivity index (χ1v) is 14.5. The van der Waals surface area contributed by atoms with Gasteiger partial charge >= 0.3 is 12.3 Å². The number of ether oxygens (including phenoxy) is 2. The molecule has 0 saturated carbocycles. The molecule has 0 unspecified atom stereocenters. The minimum absolute atomic E-state index is 0.0404. The molecule has 15 heteroatoms. The van der Waals surface area contributed by atoms with Crippen LogP contribution in [0.4, 0.5) is 29.3 Å². The molecule has 1 aliphatic rings. The topological polar surface area (TPSA) is 130 Å². The van der Waals surface area contributed by atoms with E-state index in [9.17, 15) is 31.2 Å². The number of carbonyl (C=O) groups is 2. The molecule has 11 nitrogen and oxygen atoms in total. The molecule has 0 spiro atoms. The largest absolute Gasteiger partial charge is 0.486 e. The van der Waals surface area contributed by atoms with Crippen molar-refractivity contribution in [2.24, 2.45) is 5.10 Å². The van der Waals surface area contributed by atoms with E-state index in [0.717, 1.165) is 28.1 Å². The van der Waals surface area contributed by atoms with E-state index in [2.05, 4.69) is 22.5 Å². The molecule has 0 fully saturated rings. The normalized spacial score (nSPS) is 15.6. The highest BCUT2D eigenvalue weighted by molar-refractivity contribution is 7.92. The van der Waals surface area contributed by atoms with Gasteiger partial charge in [0.25, 0.3) is 10.0 Å². The predicted octanol–water partition coefficient (Wildman–Crippen LogP) is 4.97. The molecule has 1 atom stereocenters. The number of nitrogens with one attached hydrogen (secondary N) is 2. The maximum atomic E-state index is 13.8. The lowest BCUT2D eigenvalue weighted by Gasteiger charge is -2.35. The quantitative estimate of drug-likeness (QED) is 0.298. The van der Waals surface area contributed by atoms with Gasteiger partial charge in [-0.15, -0.1) is 0 Å². The van der Waals surface area contributed by atoms with Crippen molar-refractivity contribution >= 4 is 40.1 Å². The maximum Gasteiger partial charge on any atom is 0.416 e. The molecule has 3 rings (SSSR count). The molecular weight excluding hydrogens is 591 g/mol. The fourth-order valence-corrected chi connectivity index (χ4v) is 5.57. The summed E-state index contributed by atoms with van der Waals surface area (Å²) < 4.78 is 79.9. The summed E-state index contributed by atoms with van der Waals surface area (Å²) in [6, 6.07) is 7.50. The Bertz CT molecular complexity index is 1500. The number of anilines is 2. The van der Waals surface area contributed by atoms with Gasteiger partial charge in [-0.2, -0.15) is 18.3 Å². The number of alkyl halides is 3. The summed E-state index contributed by atoms with van der Waals surface area (Å²) in [6.45, 7) is 9.94. The van der Waals surface area contributed by atoms with Crippen LogP contribution in [-0.4, -0.2) is 64.0 Å². The van der Waals surface area contributed by atoms with Gasteiger partial charge in [-0.05, 0) is 69.7 Å². The van der Waals surface area contributed by atoms with Crippen LogP contribution in [0.2, 0.25) is 0 Å². The van der Waals surface area contributed by atoms with E-state index >= 15 is 0 Å². The summed E-state index contributed by atoms with van der Waals surface area (Å²) in [5.74, 6) is -0.404. The smallest absolute Gasteiger partial charge is 0.416 e. The second kappa shape index (κ2) is 12.9. The highest BCUT2D eigenvalue weighted by atomic mass is 32.2. The van der Waals surface area contributed by atoms with Gasteiger partial charge < -0.3 is 14.8 Å². The number of fused-ring (bicyclic) bond motifs is 1. The minimum Gasteiger partial charge on any atom is -0.486 e. The highest BCUT2D eigenvalue weighted by Gasteiger charge is 2.38. The Kier molecular flexibility index (Phi) is 10.00.